The lowest BCUT2D eigenvalue weighted by Crippen LogP contribution is -2.13. The van der Waals surface area contributed by atoms with Crippen LogP contribution in [-0.2, 0) is 11.4 Å². The van der Waals surface area contributed by atoms with Gasteiger partial charge in [-0.2, -0.15) is 0 Å². The average Bonchev–Trinajstić information content (AvgIpc) is 3.11. The Labute approximate surface area is 169 Å². The molecule has 0 aliphatic heterocycles. The molecular formula is C19H18BrN3O3S. The third-order valence-electron chi connectivity index (χ3n) is 3.81. The van der Waals surface area contributed by atoms with E-state index >= 15 is 0 Å². The van der Waals surface area contributed by atoms with E-state index in [9.17, 15) is 4.79 Å². The van der Waals surface area contributed by atoms with Crippen molar-refractivity contribution in [2.24, 2.45) is 0 Å². The number of anilines is 1. The molecule has 0 aliphatic rings. The van der Waals surface area contributed by atoms with Crippen LogP contribution >= 0.6 is 27.7 Å². The lowest BCUT2D eigenvalue weighted by molar-refractivity contribution is -0.113. The van der Waals surface area contributed by atoms with Crippen molar-refractivity contribution in [2.45, 2.75) is 25.7 Å². The number of nitrogens with one attached hydrogen (secondary N) is 1. The summed E-state index contributed by atoms with van der Waals surface area (Å²) in [6.07, 6.45) is 0. The number of carbonyl (C=O) groups excluding carboxylic acids is 1. The number of benzene rings is 2. The largest absolute Gasteiger partial charge is 0.484 e. The minimum atomic E-state index is -0.145. The third kappa shape index (κ3) is 5.58. The zero-order valence-corrected chi connectivity index (χ0v) is 17.3. The Bertz CT molecular complexity index is 928. The van der Waals surface area contributed by atoms with Crippen LogP contribution in [0.15, 0.2) is 56.6 Å². The number of ether oxygens (including phenoxy) is 1. The number of aromatic nitrogens is 2. The highest BCUT2D eigenvalue weighted by molar-refractivity contribution is 9.10. The van der Waals surface area contributed by atoms with Gasteiger partial charge in [0.15, 0.2) is 6.61 Å². The van der Waals surface area contributed by atoms with Crippen molar-refractivity contribution >= 4 is 39.3 Å². The average molecular weight is 448 g/mol. The molecule has 1 heterocycles. The maximum absolute atomic E-state index is 12.0. The van der Waals surface area contributed by atoms with Gasteiger partial charge in [-0.1, -0.05) is 39.8 Å². The van der Waals surface area contributed by atoms with Crippen molar-refractivity contribution in [2.75, 3.05) is 11.1 Å². The normalized spacial score (nSPS) is 10.6. The Balaban J connectivity index is 1.48. The minimum Gasteiger partial charge on any atom is -0.484 e. The van der Waals surface area contributed by atoms with Gasteiger partial charge in [0.25, 0.3) is 11.1 Å². The van der Waals surface area contributed by atoms with E-state index in [0.29, 0.717) is 11.1 Å². The van der Waals surface area contributed by atoms with Gasteiger partial charge in [0.2, 0.25) is 5.91 Å². The minimum absolute atomic E-state index is 0.145. The summed E-state index contributed by atoms with van der Waals surface area (Å²) in [7, 11) is 0. The van der Waals surface area contributed by atoms with Gasteiger partial charge in [0, 0.05) is 10.2 Å². The van der Waals surface area contributed by atoms with Crippen LogP contribution in [-0.4, -0.2) is 21.9 Å². The molecule has 8 heteroatoms. The fourth-order valence-corrected chi connectivity index (χ4v) is 3.08. The summed E-state index contributed by atoms with van der Waals surface area (Å²) in [5.41, 5.74) is 2.97. The van der Waals surface area contributed by atoms with Gasteiger partial charge in [-0.15, -0.1) is 10.2 Å². The van der Waals surface area contributed by atoms with Gasteiger partial charge in [0.05, 0.1) is 5.75 Å². The van der Waals surface area contributed by atoms with Gasteiger partial charge in [-0.25, -0.2) is 0 Å². The predicted octanol–water partition coefficient (Wildman–Crippen LogP) is 4.76. The summed E-state index contributed by atoms with van der Waals surface area (Å²) in [4.78, 5) is 12.0. The second kappa shape index (κ2) is 9.05. The molecule has 0 saturated heterocycles. The molecule has 0 fully saturated rings. The quantitative estimate of drug-likeness (QED) is 0.526. The van der Waals surface area contributed by atoms with Crippen LogP contribution in [0.4, 0.5) is 5.69 Å². The third-order valence-corrected chi connectivity index (χ3v) is 5.16. The Hall–Kier alpha value is -2.32. The Morgan fingerprint density at radius 2 is 1.96 bits per heavy atom. The maximum atomic E-state index is 12.0. The Kier molecular flexibility index (Phi) is 6.52. The van der Waals surface area contributed by atoms with Crippen molar-refractivity contribution < 1.29 is 13.9 Å². The SMILES string of the molecule is Cc1cccc(OCc2nnc(SCC(=O)Nc3ccc(Br)cc3)o2)c1C. The lowest BCUT2D eigenvalue weighted by atomic mass is 10.1. The zero-order valence-electron chi connectivity index (χ0n) is 14.9. The van der Waals surface area contributed by atoms with Crippen LogP contribution in [0.3, 0.4) is 0 Å². The molecular weight excluding hydrogens is 430 g/mol. The number of thioether (sulfide) groups is 1. The summed E-state index contributed by atoms with van der Waals surface area (Å²) in [6, 6.07) is 13.2. The van der Waals surface area contributed by atoms with Crippen molar-refractivity contribution in [3.8, 4) is 5.75 Å². The van der Waals surface area contributed by atoms with Crippen molar-refractivity contribution in [1.82, 2.24) is 10.2 Å². The first-order valence-corrected chi connectivity index (χ1v) is 9.99. The van der Waals surface area contributed by atoms with Crippen LogP contribution in [0, 0.1) is 13.8 Å². The van der Waals surface area contributed by atoms with Gasteiger partial charge >= 0.3 is 0 Å². The van der Waals surface area contributed by atoms with Crippen molar-refractivity contribution in [1.29, 1.82) is 0 Å². The molecule has 0 bridgehead atoms. The van der Waals surface area contributed by atoms with Crippen LogP contribution in [0.5, 0.6) is 5.75 Å². The second-order valence-corrected chi connectivity index (χ2v) is 7.63. The Morgan fingerprint density at radius 1 is 1.19 bits per heavy atom. The molecule has 0 spiro atoms. The van der Waals surface area contributed by atoms with Crippen molar-refractivity contribution in [3.63, 3.8) is 0 Å². The highest BCUT2D eigenvalue weighted by Crippen LogP contribution is 2.22. The van der Waals surface area contributed by atoms with Crippen molar-refractivity contribution in [3.05, 3.63) is 64.0 Å². The van der Waals surface area contributed by atoms with E-state index in [2.05, 4.69) is 31.4 Å². The second-order valence-electron chi connectivity index (χ2n) is 5.79. The van der Waals surface area contributed by atoms with E-state index in [1.165, 1.54) is 11.8 Å². The topological polar surface area (TPSA) is 77.2 Å². The van der Waals surface area contributed by atoms with E-state index in [1.807, 2.05) is 56.3 Å². The van der Waals surface area contributed by atoms with Gasteiger partial charge in [0.1, 0.15) is 5.75 Å². The fourth-order valence-electron chi connectivity index (χ4n) is 2.23. The smallest absolute Gasteiger partial charge is 0.277 e. The fraction of sp³-hybridized carbons (Fsp3) is 0.211. The van der Waals surface area contributed by atoms with Gasteiger partial charge in [-0.05, 0) is 55.3 Å². The molecule has 3 rings (SSSR count). The number of amides is 1. The first kappa shape index (κ1) is 19.4. The molecule has 0 saturated carbocycles. The molecule has 6 nitrogen and oxygen atoms in total. The number of hydrogen-bond acceptors (Lipinski definition) is 6. The lowest BCUT2D eigenvalue weighted by Gasteiger charge is -2.08. The standard InChI is InChI=1S/C19H18BrN3O3S/c1-12-4-3-5-16(13(12)2)25-10-18-22-23-19(26-18)27-11-17(24)21-15-8-6-14(20)7-9-15/h3-9H,10-11H2,1-2H3,(H,21,24). The molecule has 1 aromatic heterocycles. The summed E-state index contributed by atoms with van der Waals surface area (Å²) < 4.78 is 12.2. The molecule has 1 amide bonds. The van der Waals surface area contributed by atoms with E-state index in [4.69, 9.17) is 9.15 Å². The molecule has 3 aromatic rings. The number of carbonyl (C=O) groups is 1. The van der Waals surface area contributed by atoms with E-state index in [1.54, 1.807) is 0 Å². The van der Waals surface area contributed by atoms with Crippen LogP contribution in [0.25, 0.3) is 0 Å². The molecule has 140 valence electrons. The van der Waals surface area contributed by atoms with Crippen LogP contribution in [0.2, 0.25) is 0 Å². The van der Waals surface area contributed by atoms with E-state index < -0.39 is 0 Å². The molecule has 0 unspecified atom stereocenters. The zero-order chi connectivity index (χ0) is 19.2. The molecule has 2 aromatic carbocycles. The summed E-state index contributed by atoms with van der Waals surface area (Å²) in [5, 5.41) is 11.0. The monoisotopic (exact) mass is 447 g/mol. The highest BCUT2D eigenvalue weighted by Gasteiger charge is 2.11. The molecule has 0 radical (unpaired) electrons. The number of halogens is 1. The highest BCUT2D eigenvalue weighted by atomic mass is 79.9. The first-order valence-electron chi connectivity index (χ1n) is 8.21. The summed E-state index contributed by atoms with van der Waals surface area (Å²) in [6.45, 7) is 4.22. The van der Waals surface area contributed by atoms with E-state index in [0.717, 1.165) is 27.0 Å². The van der Waals surface area contributed by atoms with Crippen LogP contribution in [0.1, 0.15) is 17.0 Å². The summed E-state index contributed by atoms with van der Waals surface area (Å²) >= 11 is 4.54. The predicted molar refractivity (Wildman–Crippen MR) is 108 cm³/mol. The number of hydrogen-bond donors (Lipinski definition) is 1. The van der Waals surface area contributed by atoms with E-state index in [-0.39, 0.29) is 18.3 Å². The maximum Gasteiger partial charge on any atom is 0.277 e. The van der Waals surface area contributed by atoms with Crippen LogP contribution < -0.4 is 10.1 Å². The molecule has 1 N–H and O–H groups in total. The molecule has 27 heavy (non-hydrogen) atoms. The summed E-state index contributed by atoms with van der Waals surface area (Å²) in [5.74, 6) is 1.19. The molecule has 0 atom stereocenters. The number of nitrogens with zero attached hydrogens (tertiary/aromatic N) is 2. The first-order chi connectivity index (χ1) is 13.0. The Morgan fingerprint density at radius 3 is 2.74 bits per heavy atom. The molecule has 0 aliphatic carbocycles. The van der Waals surface area contributed by atoms with Gasteiger partial charge < -0.3 is 14.5 Å². The number of rotatable bonds is 7. The van der Waals surface area contributed by atoms with Gasteiger partial charge in [-0.3, -0.25) is 4.79 Å². The number of aryl methyl sites for hydroxylation is 1.